The average molecular weight is 346 g/mol. The summed E-state index contributed by atoms with van der Waals surface area (Å²) in [4.78, 5) is 23.0. The van der Waals surface area contributed by atoms with Gasteiger partial charge in [0.15, 0.2) is 5.82 Å². The van der Waals surface area contributed by atoms with Crippen LogP contribution in [0.15, 0.2) is 29.2 Å². The van der Waals surface area contributed by atoms with Crippen molar-refractivity contribution in [1.29, 1.82) is 0 Å². The first-order valence-corrected chi connectivity index (χ1v) is 9.19. The summed E-state index contributed by atoms with van der Waals surface area (Å²) in [5.74, 6) is 1.41. The van der Waals surface area contributed by atoms with Crippen LogP contribution in [0.25, 0.3) is 0 Å². The van der Waals surface area contributed by atoms with E-state index in [0.29, 0.717) is 18.9 Å². The molecule has 0 saturated carbocycles. The Morgan fingerprint density at radius 2 is 2.33 bits per heavy atom. The molecule has 1 saturated heterocycles. The molecule has 0 bridgehead atoms. The van der Waals surface area contributed by atoms with E-state index in [0.717, 1.165) is 37.3 Å². The Hall–Kier alpha value is -2.15. The summed E-state index contributed by atoms with van der Waals surface area (Å²) in [6, 6.07) is 2.12. The molecule has 1 aliphatic rings. The molecular formula is C17H22N4O2S. The molecule has 2 aromatic rings. The highest BCUT2D eigenvalue weighted by Crippen LogP contribution is 2.26. The van der Waals surface area contributed by atoms with Crippen LogP contribution in [0.3, 0.4) is 0 Å². The second kappa shape index (κ2) is 8.10. The lowest BCUT2D eigenvalue weighted by Gasteiger charge is -2.19. The Labute approximate surface area is 145 Å². The Morgan fingerprint density at radius 1 is 1.46 bits per heavy atom. The van der Waals surface area contributed by atoms with Gasteiger partial charge in [0, 0.05) is 31.5 Å². The molecule has 3 rings (SSSR count). The van der Waals surface area contributed by atoms with E-state index >= 15 is 0 Å². The Morgan fingerprint density at radius 3 is 3.12 bits per heavy atom. The van der Waals surface area contributed by atoms with Crippen LogP contribution in [0.1, 0.15) is 25.3 Å². The van der Waals surface area contributed by atoms with Crippen molar-refractivity contribution in [1.82, 2.24) is 15.3 Å². The number of carbonyl (C=O) groups is 1. The summed E-state index contributed by atoms with van der Waals surface area (Å²) < 4.78 is 5.68. The number of ether oxygens (including phenoxy) is 1. The van der Waals surface area contributed by atoms with Gasteiger partial charge in [0.2, 0.25) is 5.91 Å². The monoisotopic (exact) mass is 346 g/mol. The Kier molecular flexibility index (Phi) is 5.63. The number of thiophene rings is 1. The fourth-order valence-electron chi connectivity index (χ4n) is 2.76. The molecule has 1 unspecified atom stereocenters. The number of nitrogens with zero attached hydrogens (tertiary/aromatic N) is 3. The lowest BCUT2D eigenvalue weighted by Crippen LogP contribution is -2.38. The van der Waals surface area contributed by atoms with E-state index in [9.17, 15) is 4.79 Å². The quantitative estimate of drug-likeness (QED) is 0.833. The van der Waals surface area contributed by atoms with Crippen molar-refractivity contribution >= 4 is 23.1 Å². The average Bonchev–Trinajstić information content (AvgIpc) is 3.25. The molecule has 3 heterocycles. The zero-order chi connectivity index (χ0) is 16.8. The maximum atomic E-state index is 12.1. The smallest absolute Gasteiger partial charge is 0.257 e. The van der Waals surface area contributed by atoms with E-state index in [-0.39, 0.29) is 11.9 Å². The third-order valence-electron chi connectivity index (χ3n) is 3.89. The highest BCUT2D eigenvalue weighted by Gasteiger charge is 2.27. The Balaban J connectivity index is 1.56. The van der Waals surface area contributed by atoms with E-state index in [4.69, 9.17) is 4.74 Å². The molecule has 1 amide bonds. The van der Waals surface area contributed by atoms with Crippen LogP contribution in [0.4, 0.5) is 5.82 Å². The van der Waals surface area contributed by atoms with Crippen molar-refractivity contribution in [3.8, 4) is 5.88 Å². The Bertz CT molecular complexity index is 662. The first kappa shape index (κ1) is 16.7. The molecule has 1 aliphatic heterocycles. The van der Waals surface area contributed by atoms with Crippen molar-refractivity contribution in [2.45, 2.75) is 32.2 Å². The summed E-state index contributed by atoms with van der Waals surface area (Å²) >= 11 is 1.61. The third-order valence-corrected chi connectivity index (χ3v) is 4.62. The van der Waals surface area contributed by atoms with Gasteiger partial charge in [0.05, 0.1) is 13.0 Å². The summed E-state index contributed by atoms with van der Waals surface area (Å²) in [5.41, 5.74) is 1.07. The number of carbonyl (C=O) groups excluding carboxylic acids is 1. The minimum Gasteiger partial charge on any atom is -0.475 e. The van der Waals surface area contributed by atoms with Gasteiger partial charge in [-0.1, -0.05) is 6.92 Å². The van der Waals surface area contributed by atoms with Crippen LogP contribution in [0.5, 0.6) is 5.88 Å². The van der Waals surface area contributed by atoms with Crippen LogP contribution in [0.2, 0.25) is 0 Å². The van der Waals surface area contributed by atoms with Gasteiger partial charge in [-0.2, -0.15) is 11.3 Å². The van der Waals surface area contributed by atoms with E-state index in [1.54, 1.807) is 23.7 Å². The van der Waals surface area contributed by atoms with Gasteiger partial charge in [0.1, 0.15) is 0 Å². The zero-order valence-corrected chi connectivity index (χ0v) is 14.6. The molecule has 0 spiro atoms. The number of nitrogens with one attached hydrogen (secondary N) is 1. The predicted molar refractivity (Wildman–Crippen MR) is 94.6 cm³/mol. The molecule has 0 radical (unpaired) electrons. The number of amides is 1. The van der Waals surface area contributed by atoms with Crippen molar-refractivity contribution in [3.63, 3.8) is 0 Å². The molecule has 0 aromatic carbocycles. The fourth-order valence-corrected chi connectivity index (χ4v) is 3.43. The minimum atomic E-state index is 0.0712. The van der Waals surface area contributed by atoms with Crippen molar-refractivity contribution in [2.75, 3.05) is 24.6 Å². The summed E-state index contributed by atoms with van der Waals surface area (Å²) in [6.07, 6.45) is 5.59. The van der Waals surface area contributed by atoms with Gasteiger partial charge in [-0.25, -0.2) is 9.97 Å². The number of anilines is 1. The fraction of sp³-hybridized carbons (Fsp3) is 0.471. The molecular weight excluding hydrogens is 324 g/mol. The summed E-state index contributed by atoms with van der Waals surface area (Å²) in [7, 11) is 0. The topological polar surface area (TPSA) is 67.4 Å². The number of hydrogen-bond acceptors (Lipinski definition) is 6. The molecule has 1 N–H and O–H groups in total. The van der Waals surface area contributed by atoms with Gasteiger partial charge in [-0.3, -0.25) is 4.79 Å². The van der Waals surface area contributed by atoms with E-state index in [2.05, 4.69) is 27.1 Å². The van der Waals surface area contributed by atoms with Crippen molar-refractivity contribution in [3.05, 3.63) is 34.8 Å². The number of aromatic nitrogens is 2. The predicted octanol–water partition coefficient (Wildman–Crippen LogP) is 2.26. The maximum Gasteiger partial charge on any atom is 0.257 e. The van der Waals surface area contributed by atoms with Crippen LogP contribution in [-0.2, 0) is 11.2 Å². The molecule has 24 heavy (non-hydrogen) atoms. The van der Waals surface area contributed by atoms with E-state index in [1.165, 1.54) is 0 Å². The molecule has 0 aliphatic carbocycles. The van der Waals surface area contributed by atoms with E-state index in [1.807, 2.05) is 16.8 Å². The molecule has 128 valence electrons. The SMILES string of the molecule is CCCOc1nccnc1N1CCC(NC(=O)Cc2ccsc2)C1. The standard InChI is InChI=1S/C17H22N4O2S/c1-2-8-23-17-16(18-5-6-19-17)21-7-3-14(11-21)20-15(22)10-13-4-9-24-12-13/h4-6,9,12,14H,2-3,7-8,10-11H2,1H3,(H,20,22). The van der Waals surface area contributed by atoms with Gasteiger partial charge >= 0.3 is 0 Å². The van der Waals surface area contributed by atoms with Crippen molar-refractivity contribution < 1.29 is 9.53 Å². The maximum absolute atomic E-state index is 12.1. The minimum absolute atomic E-state index is 0.0712. The van der Waals surface area contributed by atoms with Gasteiger partial charge in [-0.15, -0.1) is 0 Å². The normalized spacial score (nSPS) is 17.0. The number of rotatable bonds is 7. The zero-order valence-electron chi connectivity index (χ0n) is 13.8. The first-order chi connectivity index (χ1) is 11.8. The van der Waals surface area contributed by atoms with Crippen molar-refractivity contribution in [2.24, 2.45) is 0 Å². The van der Waals surface area contributed by atoms with Crippen LogP contribution < -0.4 is 15.0 Å². The molecule has 1 atom stereocenters. The molecule has 7 heteroatoms. The largest absolute Gasteiger partial charge is 0.475 e. The van der Waals surface area contributed by atoms with Crippen LogP contribution in [-0.4, -0.2) is 41.6 Å². The second-order valence-electron chi connectivity index (χ2n) is 5.84. The van der Waals surface area contributed by atoms with Crippen LogP contribution >= 0.6 is 11.3 Å². The van der Waals surface area contributed by atoms with Gasteiger partial charge in [0.25, 0.3) is 5.88 Å². The summed E-state index contributed by atoms with van der Waals surface area (Å²) in [5, 5.41) is 7.12. The lowest BCUT2D eigenvalue weighted by molar-refractivity contribution is -0.121. The van der Waals surface area contributed by atoms with Gasteiger partial charge in [-0.05, 0) is 35.2 Å². The molecule has 6 nitrogen and oxygen atoms in total. The lowest BCUT2D eigenvalue weighted by atomic mass is 10.2. The second-order valence-corrected chi connectivity index (χ2v) is 6.62. The van der Waals surface area contributed by atoms with Crippen LogP contribution in [0, 0.1) is 0 Å². The van der Waals surface area contributed by atoms with Gasteiger partial charge < -0.3 is 15.0 Å². The highest BCUT2D eigenvalue weighted by atomic mass is 32.1. The molecule has 1 fully saturated rings. The molecule has 2 aromatic heterocycles. The highest BCUT2D eigenvalue weighted by molar-refractivity contribution is 7.07. The number of hydrogen-bond donors (Lipinski definition) is 1. The summed E-state index contributed by atoms with van der Waals surface area (Å²) in [6.45, 7) is 4.26. The third kappa shape index (κ3) is 4.23. The van der Waals surface area contributed by atoms with E-state index < -0.39 is 0 Å². The first-order valence-electron chi connectivity index (χ1n) is 8.25.